The number of hydrogen-bond acceptors (Lipinski definition) is 19. The Hall–Kier alpha value is -2.74. The molecule has 3 heterocycles. The molecule has 55 heavy (non-hydrogen) atoms. The fourth-order valence-corrected chi connectivity index (χ4v) is 8.16. The number of aliphatic hydroxyl groups excluding tert-OH is 3. The molecule has 0 bridgehead atoms. The summed E-state index contributed by atoms with van der Waals surface area (Å²) in [5, 5.41) is 35.3. The number of carbonyl (C=O) groups is 3. The number of aromatic nitrogens is 4. The predicted octanol–water partition coefficient (Wildman–Crippen LogP) is -1.40. The van der Waals surface area contributed by atoms with Crippen LogP contribution in [0.5, 0.6) is 0 Å². The highest BCUT2D eigenvalue weighted by Crippen LogP contribution is 2.61. The second kappa shape index (κ2) is 19.6. The summed E-state index contributed by atoms with van der Waals surface area (Å²) in [6.07, 6.45) is -6.88. The largest absolute Gasteiger partial charge is 0.481 e. The molecule has 1 aliphatic rings. The molecular formula is C26H42N7O18P3S. The molecule has 1 fully saturated rings. The molecule has 11 N–H and O–H groups in total. The Morgan fingerprint density at radius 2 is 1.76 bits per heavy atom. The monoisotopic (exact) mass is 865 g/mol. The molecule has 1 aliphatic heterocycles. The Balaban J connectivity index is 1.49. The van der Waals surface area contributed by atoms with E-state index in [1.807, 2.05) is 0 Å². The number of phosphoric ester groups is 3. The summed E-state index contributed by atoms with van der Waals surface area (Å²) < 4.78 is 61.9. The van der Waals surface area contributed by atoms with Gasteiger partial charge in [-0.2, -0.15) is 4.31 Å². The Morgan fingerprint density at radius 3 is 2.42 bits per heavy atom. The number of phosphoric acid groups is 3. The molecule has 0 spiro atoms. The Kier molecular flexibility index (Phi) is 16.6. The van der Waals surface area contributed by atoms with Gasteiger partial charge in [-0.05, 0) is 0 Å². The van der Waals surface area contributed by atoms with Crippen molar-refractivity contribution in [1.82, 2.24) is 30.2 Å². The molecule has 0 saturated carbocycles. The number of fused-ring (bicyclic) bond motifs is 1. The third-order valence-electron chi connectivity index (χ3n) is 7.41. The number of nitrogen functional groups attached to an aromatic ring is 1. The summed E-state index contributed by atoms with van der Waals surface area (Å²) in [7, 11) is -16.4. The van der Waals surface area contributed by atoms with Crippen molar-refractivity contribution < 1.29 is 85.6 Å². The van der Waals surface area contributed by atoms with Crippen molar-refractivity contribution in [2.24, 2.45) is 5.41 Å². The van der Waals surface area contributed by atoms with Crippen molar-refractivity contribution in [3.05, 3.63) is 25.3 Å². The normalized spacial score (nSPS) is 22.3. The topological polar surface area (TPSA) is 384 Å². The number of nitrogens with two attached hydrogens (primary N) is 1. The molecule has 310 valence electrons. The van der Waals surface area contributed by atoms with Gasteiger partial charge in [-0.1, -0.05) is 31.7 Å². The number of imidazole rings is 1. The second-order valence-electron chi connectivity index (χ2n) is 12.3. The molecule has 8 atom stereocenters. The number of anilines is 1. The second-order valence-corrected chi connectivity index (χ2v) is 17.7. The van der Waals surface area contributed by atoms with Crippen LogP contribution in [0.3, 0.4) is 0 Å². The Labute approximate surface area is 316 Å². The third-order valence-corrected chi connectivity index (χ3v) is 11.4. The van der Waals surface area contributed by atoms with Gasteiger partial charge in [0.05, 0.1) is 25.6 Å². The zero-order valence-corrected chi connectivity index (χ0v) is 32.6. The quantitative estimate of drug-likeness (QED) is 0.0370. The summed E-state index contributed by atoms with van der Waals surface area (Å²) >= 11 is 0.906. The Bertz CT molecular complexity index is 1830. The zero-order valence-electron chi connectivity index (χ0n) is 29.1. The van der Waals surface area contributed by atoms with Crippen LogP contribution in [0.1, 0.15) is 32.9 Å². The molecule has 25 nitrogen and oxygen atoms in total. The number of amides is 2. The number of ether oxygens (including phenoxy) is 1. The van der Waals surface area contributed by atoms with E-state index in [0.717, 1.165) is 29.0 Å². The van der Waals surface area contributed by atoms with E-state index in [4.69, 9.17) is 19.5 Å². The van der Waals surface area contributed by atoms with Gasteiger partial charge >= 0.3 is 23.5 Å². The van der Waals surface area contributed by atoms with Crippen LogP contribution in [0.4, 0.5) is 5.82 Å². The molecule has 0 radical (unpaired) electrons. The maximum Gasteiger partial charge on any atom is 0.481 e. The minimum absolute atomic E-state index is 0.0242. The number of hydrogen-bond donors (Lipinski definition) is 10. The molecular weight excluding hydrogens is 823 g/mol. The fourth-order valence-electron chi connectivity index (χ4n) is 4.61. The van der Waals surface area contributed by atoms with Crippen LogP contribution in [-0.2, 0) is 50.7 Å². The van der Waals surface area contributed by atoms with Crippen molar-refractivity contribution in [2.75, 3.05) is 37.8 Å². The predicted molar refractivity (Wildman–Crippen MR) is 188 cm³/mol. The van der Waals surface area contributed by atoms with E-state index < -0.39 is 90.7 Å². The van der Waals surface area contributed by atoms with Crippen molar-refractivity contribution in [1.29, 1.82) is 0 Å². The number of aliphatic hydroxyl groups is 3. The van der Waals surface area contributed by atoms with E-state index in [1.54, 1.807) is 0 Å². The molecule has 0 aromatic carbocycles. The molecule has 0 aliphatic carbocycles. The van der Waals surface area contributed by atoms with Gasteiger partial charge in [0.1, 0.15) is 36.3 Å². The first-order valence-corrected chi connectivity index (χ1v) is 21.3. The highest BCUT2D eigenvalue weighted by Gasteiger charge is 2.50. The van der Waals surface area contributed by atoms with Crippen LogP contribution in [0.2, 0.25) is 0 Å². The first kappa shape index (κ1) is 46.6. The molecule has 3 rings (SSSR count). The summed E-state index contributed by atoms with van der Waals surface area (Å²) in [5.74, 6) is -1.31. The van der Waals surface area contributed by atoms with Crippen LogP contribution in [0.15, 0.2) is 25.3 Å². The van der Waals surface area contributed by atoms with E-state index in [1.165, 1.54) is 19.9 Å². The maximum absolute atomic E-state index is 12.7. The van der Waals surface area contributed by atoms with Gasteiger partial charge < -0.3 is 56.0 Å². The average Bonchev–Trinajstić information content (AvgIpc) is 3.64. The lowest BCUT2D eigenvalue weighted by Crippen LogP contribution is -2.46. The van der Waals surface area contributed by atoms with Gasteiger partial charge in [0.15, 0.2) is 22.8 Å². The standard InChI is InChI=1S/C26H42N7O18P3S/c1-4-14(34)9-17(36)55-8-7-28-16(35)5-6-29-24(39)21(38)26(2,3)11-48-54(45,46)51-53(43,44)47-10-15-20(50-52(40,41)42)19(37)25(49-15)33-13-32-18-22(27)30-12-31-23(18)33/h4,12-15,19-21,25,34,37-38H,1,5-11H2,2-3H3,(H,28,35)(H,29,39)(H,43,44)(H,45,46)(H2,27,30,31)(H2,40,41,42)/t14?,15-,19-,20-,21+,25-/m1/s1. The molecule has 3 unspecified atom stereocenters. The number of thioether (sulfide) groups is 1. The van der Waals surface area contributed by atoms with Crippen molar-refractivity contribution in [2.45, 2.75) is 63.4 Å². The van der Waals surface area contributed by atoms with Gasteiger partial charge in [-0.3, -0.25) is 32.5 Å². The first-order valence-electron chi connectivity index (χ1n) is 15.8. The van der Waals surface area contributed by atoms with E-state index in [0.29, 0.717) is 0 Å². The summed E-state index contributed by atoms with van der Waals surface area (Å²) in [4.78, 5) is 87.0. The van der Waals surface area contributed by atoms with E-state index in [9.17, 15) is 63.0 Å². The first-order chi connectivity index (χ1) is 25.4. The van der Waals surface area contributed by atoms with Crippen LogP contribution in [-0.4, -0.2) is 134 Å². The minimum atomic E-state index is -5.58. The van der Waals surface area contributed by atoms with Gasteiger partial charge in [0.2, 0.25) is 11.8 Å². The highest BCUT2D eigenvalue weighted by atomic mass is 32.2. The molecule has 2 aromatic rings. The van der Waals surface area contributed by atoms with Crippen molar-refractivity contribution in [3.63, 3.8) is 0 Å². The van der Waals surface area contributed by atoms with E-state index >= 15 is 0 Å². The lowest BCUT2D eigenvalue weighted by Gasteiger charge is -2.30. The molecule has 2 amide bonds. The summed E-state index contributed by atoms with van der Waals surface area (Å²) in [6.45, 7) is 3.68. The van der Waals surface area contributed by atoms with Crippen LogP contribution in [0, 0.1) is 5.41 Å². The average molecular weight is 866 g/mol. The number of rotatable bonds is 22. The van der Waals surface area contributed by atoms with Crippen molar-refractivity contribution in [3.8, 4) is 0 Å². The van der Waals surface area contributed by atoms with Crippen LogP contribution < -0.4 is 16.4 Å². The molecule has 2 aromatic heterocycles. The summed E-state index contributed by atoms with van der Waals surface area (Å²) in [6, 6.07) is 0. The SMILES string of the molecule is C=CC(O)CC(=O)SCCNC(=O)CCNC(=O)[C@H](O)C(C)(C)COP(=O)(O)OP(=O)(O)OC[C@H]1O[C@@H](n2cnc3c(N)ncnc32)[C@H](O)[C@@H]1OP(=O)(O)O. The van der Waals surface area contributed by atoms with Crippen LogP contribution in [0.25, 0.3) is 11.2 Å². The molecule has 1 saturated heterocycles. The maximum atomic E-state index is 12.7. The van der Waals surface area contributed by atoms with Crippen molar-refractivity contribution >= 4 is 69.1 Å². The van der Waals surface area contributed by atoms with Gasteiger partial charge in [-0.15, -0.1) is 6.58 Å². The molecule has 29 heteroatoms. The number of nitrogens with zero attached hydrogens (tertiary/aromatic N) is 4. The smallest absolute Gasteiger partial charge is 0.389 e. The zero-order chi connectivity index (χ0) is 41.4. The number of nitrogens with one attached hydrogen (secondary N) is 2. The lowest BCUT2D eigenvalue weighted by atomic mass is 9.87. The highest BCUT2D eigenvalue weighted by molar-refractivity contribution is 8.13. The van der Waals surface area contributed by atoms with E-state index in [-0.39, 0.29) is 53.8 Å². The Morgan fingerprint density at radius 1 is 1.09 bits per heavy atom. The van der Waals surface area contributed by atoms with Crippen LogP contribution >= 0.6 is 35.2 Å². The third kappa shape index (κ3) is 14.3. The fraction of sp³-hybridized carbons (Fsp3) is 0.615. The van der Waals surface area contributed by atoms with E-state index in [2.05, 4.69) is 41.0 Å². The van der Waals surface area contributed by atoms with Gasteiger partial charge in [-0.25, -0.2) is 28.6 Å². The van der Waals surface area contributed by atoms with Gasteiger partial charge in [0, 0.05) is 37.1 Å². The summed E-state index contributed by atoms with van der Waals surface area (Å²) in [5.41, 5.74) is 4.22. The minimum Gasteiger partial charge on any atom is -0.389 e. The van der Waals surface area contributed by atoms with Gasteiger partial charge in [0.25, 0.3) is 0 Å². The lowest BCUT2D eigenvalue weighted by molar-refractivity contribution is -0.137. The number of carbonyl (C=O) groups excluding carboxylic acids is 3.